The van der Waals surface area contributed by atoms with E-state index in [1.165, 1.54) is 0 Å². The fourth-order valence-electron chi connectivity index (χ4n) is 1.05. The molecule has 0 aromatic carbocycles. The molecule has 1 amide bonds. The van der Waals surface area contributed by atoms with Gasteiger partial charge in [0.2, 0.25) is 5.91 Å². The van der Waals surface area contributed by atoms with Crippen LogP contribution in [0.5, 0.6) is 0 Å². The van der Waals surface area contributed by atoms with E-state index in [4.69, 9.17) is 5.73 Å². The van der Waals surface area contributed by atoms with E-state index < -0.39 is 6.04 Å². The zero-order valence-corrected chi connectivity index (χ0v) is 8.53. The van der Waals surface area contributed by atoms with Crippen molar-refractivity contribution in [2.45, 2.75) is 25.9 Å². The number of nitrogens with one attached hydrogen (secondary N) is 1. The van der Waals surface area contributed by atoms with Crippen LogP contribution in [0.25, 0.3) is 0 Å². The Morgan fingerprint density at radius 2 is 2.50 bits per heavy atom. The fraction of sp³-hybridized carbons (Fsp3) is 0.556. The summed E-state index contributed by atoms with van der Waals surface area (Å²) in [7, 11) is 1.84. The number of nitrogens with two attached hydrogens (primary N) is 1. The van der Waals surface area contributed by atoms with E-state index in [1.54, 1.807) is 4.68 Å². The topological polar surface area (TPSA) is 72.9 Å². The molecule has 3 N–H and O–H groups in total. The number of nitrogens with zero attached hydrogens (tertiary/aromatic N) is 2. The van der Waals surface area contributed by atoms with Crippen molar-refractivity contribution in [2.75, 3.05) is 0 Å². The molecule has 0 saturated heterocycles. The van der Waals surface area contributed by atoms with Gasteiger partial charge in [0, 0.05) is 13.2 Å². The van der Waals surface area contributed by atoms with Gasteiger partial charge in [0.1, 0.15) is 0 Å². The van der Waals surface area contributed by atoms with Crippen molar-refractivity contribution in [3.8, 4) is 0 Å². The maximum Gasteiger partial charge on any atom is 0.237 e. The number of hydrogen-bond acceptors (Lipinski definition) is 3. The molecule has 14 heavy (non-hydrogen) atoms. The zero-order valence-electron chi connectivity index (χ0n) is 8.53. The van der Waals surface area contributed by atoms with Gasteiger partial charge in [-0.15, -0.1) is 0 Å². The quantitative estimate of drug-likeness (QED) is 0.699. The summed E-state index contributed by atoms with van der Waals surface area (Å²) in [5, 5.41) is 6.85. The summed E-state index contributed by atoms with van der Waals surface area (Å²) >= 11 is 0. The first-order chi connectivity index (χ1) is 6.63. The minimum atomic E-state index is -0.418. The van der Waals surface area contributed by atoms with Gasteiger partial charge in [0.25, 0.3) is 0 Å². The highest BCUT2D eigenvalue weighted by Gasteiger charge is 2.10. The normalized spacial score (nSPS) is 12.5. The van der Waals surface area contributed by atoms with E-state index in [9.17, 15) is 4.79 Å². The van der Waals surface area contributed by atoms with E-state index in [2.05, 4.69) is 10.4 Å². The fourth-order valence-corrected chi connectivity index (χ4v) is 1.05. The molecular weight excluding hydrogens is 180 g/mol. The third kappa shape index (κ3) is 2.85. The Morgan fingerprint density at radius 1 is 1.79 bits per heavy atom. The second-order valence-electron chi connectivity index (χ2n) is 3.21. The van der Waals surface area contributed by atoms with E-state index in [1.807, 2.05) is 26.2 Å². The summed E-state index contributed by atoms with van der Waals surface area (Å²) in [5.74, 6) is -0.127. The predicted octanol–water partition coefficient (Wildman–Crippen LogP) is -0.226. The van der Waals surface area contributed by atoms with Crippen LogP contribution in [0.15, 0.2) is 12.3 Å². The summed E-state index contributed by atoms with van der Waals surface area (Å²) in [4.78, 5) is 11.3. The summed E-state index contributed by atoms with van der Waals surface area (Å²) in [6, 6.07) is 1.44. The molecule has 0 saturated carbocycles. The first kappa shape index (κ1) is 10.7. The van der Waals surface area contributed by atoms with Gasteiger partial charge >= 0.3 is 0 Å². The van der Waals surface area contributed by atoms with E-state index in [-0.39, 0.29) is 5.91 Å². The Balaban J connectivity index is 2.37. The Bertz CT molecular complexity index is 308. The number of aryl methyl sites for hydroxylation is 1. The second-order valence-corrected chi connectivity index (χ2v) is 3.21. The molecule has 78 valence electrons. The molecule has 1 heterocycles. The maximum atomic E-state index is 11.3. The van der Waals surface area contributed by atoms with Crippen LogP contribution >= 0.6 is 0 Å². The predicted molar refractivity (Wildman–Crippen MR) is 53.3 cm³/mol. The smallest absolute Gasteiger partial charge is 0.237 e. The van der Waals surface area contributed by atoms with Gasteiger partial charge in [-0.25, -0.2) is 0 Å². The van der Waals surface area contributed by atoms with Gasteiger partial charge in [0.15, 0.2) is 0 Å². The van der Waals surface area contributed by atoms with E-state index >= 15 is 0 Å². The van der Waals surface area contributed by atoms with Crippen LogP contribution in [-0.2, 0) is 18.4 Å². The zero-order chi connectivity index (χ0) is 10.6. The molecule has 0 radical (unpaired) electrons. The van der Waals surface area contributed by atoms with Crippen molar-refractivity contribution in [1.29, 1.82) is 0 Å². The number of carbonyl (C=O) groups is 1. The van der Waals surface area contributed by atoms with Gasteiger partial charge in [0.05, 0.1) is 18.3 Å². The van der Waals surface area contributed by atoms with Crippen LogP contribution in [0, 0.1) is 0 Å². The highest BCUT2D eigenvalue weighted by Crippen LogP contribution is 1.94. The average molecular weight is 196 g/mol. The molecule has 0 aliphatic heterocycles. The van der Waals surface area contributed by atoms with Crippen molar-refractivity contribution >= 4 is 5.91 Å². The number of hydrogen-bond donors (Lipinski definition) is 2. The number of amides is 1. The van der Waals surface area contributed by atoms with Crippen LogP contribution in [0.3, 0.4) is 0 Å². The van der Waals surface area contributed by atoms with Crippen LogP contribution < -0.4 is 11.1 Å². The highest BCUT2D eigenvalue weighted by atomic mass is 16.2. The molecule has 1 atom stereocenters. The molecular formula is C9H16N4O. The first-order valence-corrected chi connectivity index (χ1v) is 4.65. The number of rotatable bonds is 4. The molecule has 0 aliphatic carbocycles. The van der Waals surface area contributed by atoms with Gasteiger partial charge in [-0.2, -0.15) is 5.10 Å². The Kier molecular flexibility index (Phi) is 3.64. The molecule has 1 aromatic rings. The van der Waals surface area contributed by atoms with Crippen molar-refractivity contribution in [3.63, 3.8) is 0 Å². The van der Waals surface area contributed by atoms with E-state index in [0.717, 1.165) is 5.69 Å². The van der Waals surface area contributed by atoms with Crippen molar-refractivity contribution in [1.82, 2.24) is 15.1 Å². The van der Waals surface area contributed by atoms with Crippen LogP contribution in [0.1, 0.15) is 19.0 Å². The summed E-state index contributed by atoms with van der Waals surface area (Å²) in [6.07, 6.45) is 2.48. The molecule has 0 bridgehead atoms. The van der Waals surface area contributed by atoms with Crippen molar-refractivity contribution < 1.29 is 4.79 Å². The van der Waals surface area contributed by atoms with Gasteiger partial charge < -0.3 is 11.1 Å². The Labute approximate surface area is 83.3 Å². The maximum absolute atomic E-state index is 11.3. The Hall–Kier alpha value is -1.36. The third-order valence-electron chi connectivity index (χ3n) is 1.99. The van der Waals surface area contributed by atoms with Gasteiger partial charge in [-0.3, -0.25) is 9.48 Å². The highest BCUT2D eigenvalue weighted by molar-refractivity contribution is 5.81. The SMILES string of the molecule is CCC(N)C(=O)NCc1ccn(C)n1. The lowest BCUT2D eigenvalue weighted by Gasteiger charge is -2.08. The molecule has 0 aliphatic rings. The lowest BCUT2D eigenvalue weighted by Crippen LogP contribution is -2.39. The molecule has 1 aromatic heterocycles. The molecule has 5 nitrogen and oxygen atoms in total. The molecule has 0 spiro atoms. The van der Waals surface area contributed by atoms with Crippen molar-refractivity contribution in [2.24, 2.45) is 12.8 Å². The standard InChI is InChI=1S/C9H16N4O/c1-3-8(10)9(14)11-6-7-4-5-13(2)12-7/h4-5,8H,3,6,10H2,1-2H3,(H,11,14). The largest absolute Gasteiger partial charge is 0.349 e. The van der Waals surface area contributed by atoms with Crippen LogP contribution in [-0.4, -0.2) is 21.7 Å². The van der Waals surface area contributed by atoms with Crippen molar-refractivity contribution in [3.05, 3.63) is 18.0 Å². The number of aromatic nitrogens is 2. The Morgan fingerprint density at radius 3 is 3.00 bits per heavy atom. The minimum Gasteiger partial charge on any atom is -0.349 e. The van der Waals surface area contributed by atoms with Gasteiger partial charge in [-0.1, -0.05) is 6.92 Å². The first-order valence-electron chi connectivity index (χ1n) is 4.65. The summed E-state index contributed by atoms with van der Waals surface area (Å²) in [6.45, 7) is 2.32. The van der Waals surface area contributed by atoms with Crippen LogP contribution in [0.2, 0.25) is 0 Å². The third-order valence-corrected chi connectivity index (χ3v) is 1.99. The molecule has 1 rings (SSSR count). The van der Waals surface area contributed by atoms with E-state index in [0.29, 0.717) is 13.0 Å². The van der Waals surface area contributed by atoms with Gasteiger partial charge in [-0.05, 0) is 12.5 Å². The second kappa shape index (κ2) is 4.76. The monoisotopic (exact) mass is 196 g/mol. The molecule has 1 unspecified atom stereocenters. The molecule has 0 fully saturated rings. The summed E-state index contributed by atoms with van der Waals surface area (Å²) in [5.41, 5.74) is 6.39. The lowest BCUT2D eigenvalue weighted by molar-refractivity contribution is -0.122. The number of carbonyl (C=O) groups excluding carboxylic acids is 1. The lowest BCUT2D eigenvalue weighted by atomic mass is 10.2. The van der Waals surface area contributed by atoms with Crippen LogP contribution in [0.4, 0.5) is 0 Å². The summed E-state index contributed by atoms with van der Waals surface area (Å²) < 4.78 is 1.70. The minimum absolute atomic E-state index is 0.127. The average Bonchev–Trinajstić information content (AvgIpc) is 2.59. The molecule has 5 heteroatoms.